The zero-order chi connectivity index (χ0) is 15.6. The number of amides is 1. The van der Waals surface area contributed by atoms with Gasteiger partial charge in [0.2, 0.25) is 0 Å². The van der Waals surface area contributed by atoms with Gasteiger partial charge in [-0.25, -0.2) is 9.78 Å². The number of aromatic carboxylic acids is 1. The third-order valence-corrected chi connectivity index (χ3v) is 3.99. The number of thiazole rings is 1. The van der Waals surface area contributed by atoms with Crippen molar-refractivity contribution < 1.29 is 14.7 Å². The molecular formula is C13H12ClN3O3S. The maximum atomic E-state index is 11.4. The number of nitrogens with two attached hydrogens (primary N) is 1. The summed E-state index contributed by atoms with van der Waals surface area (Å²) in [5.41, 5.74) is 6.10. The number of carbonyl (C=O) groups is 2. The van der Waals surface area contributed by atoms with Gasteiger partial charge in [0, 0.05) is 16.1 Å². The van der Waals surface area contributed by atoms with Gasteiger partial charge in [0.25, 0.3) is 5.91 Å². The lowest BCUT2D eigenvalue weighted by atomic mass is 10.1. The van der Waals surface area contributed by atoms with Crippen molar-refractivity contribution in [2.24, 2.45) is 5.73 Å². The van der Waals surface area contributed by atoms with Crippen molar-refractivity contribution in [1.29, 1.82) is 0 Å². The first-order chi connectivity index (χ1) is 9.88. The molecule has 2 aromatic rings. The molecule has 0 aliphatic rings. The number of carboxylic acid groups (broad SMARTS) is 1. The summed E-state index contributed by atoms with van der Waals surface area (Å²) in [4.78, 5) is 26.3. The summed E-state index contributed by atoms with van der Waals surface area (Å²) in [6.45, 7) is 1.81. The summed E-state index contributed by atoms with van der Waals surface area (Å²) in [7, 11) is 0. The number of halogens is 1. The van der Waals surface area contributed by atoms with Crippen molar-refractivity contribution in [3.63, 3.8) is 0 Å². The Kier molecular flexibility index (Phi) is 4.44. The van der Waals surface area contributed by atoms with E-state index in [1.807, 2.05) is 6.92 Å². The Hall–Kier alpha value is -2.12. The fourth-order valence-corrected chi connectivity index (χ4v) is 2.70. The van der Waals surface area contributed by atoms with Crippen molar-refractivity contribution >= 4 is 40.5 Å². The van der Waals surface area contributed by atoms with E-state index in [-0.39, 0.29) is 17.3 Å². The van der Waals surface area contributed by atoms with Crippen LogP contribution in [0.1, 0.15) is 38.8 Å². The summed E-state index contributed by atoms with van der Waals surface area (Å²) >= 11 is 7.07. The Bertz CT molecular complexity index is 702. The van der Waals surface area contributed by atoms with Crippen molar-refractivity contribution in [1.82, 2.24) is 4.98 Å². The lowest BCUT2D eigenvalue weighted by Crippen LogP contribution is -2.16. The van der Waals surface area contributed by atoms with Gasteiger partial charge in [-0.1, -0.05) is 11.6 Å². The predicted molar refractivity (Wildman–Crippen MR) is 81.1 cm³/mol. The molecular weight excluding hydrogens is 314 g/mol. The van der Waals surface area contributed by atoms with Crippen molar-refractivity contribution in [2.75, 3.05) is 5.32 Å². The zero-order valence-electron chi connectivity index (χ0n) is 11.0. The van der Waals surface area contributed by atoms with E-state index in [4.69, 9.17) is 22.4 Å². The number of anilines is 1. The van der Waals surface area contributed by atoms with Crippen LogP contribution < -0.4 is 11.1 Å². The van der Waals surface area contributed by atoms with E-state index in [0.717, 1.165) is 0 Å². The van der Waals surface area contributed by atoms with E-state index in [1.54, 1.807) is 12.1 Å². The molecule has 1 aromatic heterocycles. The van der Waals surface area contributed by atoms with Crippen LogP contribution in [0.15, 0.2) is 23.6 Å². The van der Waals surface area contributed by atoms with Gasteiger partial charge < -0.3 is 16.2 Å². The summed E-state index contributed by atoms with van der Waals surface area (Å²) in [5.74, 6) is -1.67. The van der Waals surface area contributed by atoms with Crippen molar-refractivity contribution in [3.8, 4) is 0 Å². The van der Waals surface area contributed by atoms with Gasteiger partial charge in [-0.15, -0.1) is 11.3 Å². The normalized spacial score (nSPS) is 11.9. The van der Waals surface area contributed by atoms with Gasteiger partial charge in [-0.05, 0) is 25.1 Å². The molecule has 0 bridgehead atoms. The number of nitrogens with one attached hydrogen (secondary N) is 1. The van der Waals surface area contributed by atoms with E-state index in [0.29, 0.717) is 15.7 Å². The van der Waals surface area contributed by atoms with Crippen molar-refractivity contribution in [3.05, 3.63) is 44.9 Å². The van der Waals surface area contributed by atoms with Crippen LogP contribution in [-0.4, -0.2) is 22.0 Å². The maximum Gasteiger partial charge on any atom is 0.355 e. The minimum atomic E-state index is -1.07. The first-order valence-corrected chi connectivity index (χ1v) is 7.19. The van der Waals surface area contributed by atoms with E-state index >= 15 is 0 Å². The second-order valence-corrected chi connectivity index (χ2v) is 5.62. The number of carbonyl (C=O) groups excluding carboxylic acids is 1. The molecule has 1 unspecified atom stereocenters. The van der Waals surface area contributed by atoms with E-state index < -0.39 is 11.9 Å². The third-order valence-electron chi connectivity index (χ3n) is 2.73. The van der Waals surface area contributed by atoms with Crippen LogP contribution in [0, 0.1) is 0 Å². The molecule has 21 heavy (non-hydrogen) atoms. The van der Waals surface area contributed by atoms with Gasteiger partial charge in [0.05, 0.1) is 11.6 Å². The minimum absolute atomic E-state index is 0.00474. The summed E-state index contributed by atoms with van der Waals surface area (Å²) in [6, 6.07) is 4.48. The molecule has 1 amide bonds. The highest BCUT2D eigenvalue weighted by Crippen LogP contribution is 2.26. The molecule has 1 atom stereocenters. The quantitative estimate of drug-likeness (QED) is 0.783. The first kappa shape index (κ1) is 15.3. The molecule has 0 aliphatic carbocycles. The highest BCUT2D eigenvalue weighted by atomic mass is 35.5. The molecule has 1 heterocycles. The summed E-state index contributed by atoms with van der Waals surface area (Å²) in [5, 5.41) is 14.4. The number of hydrogen-bond acceptors (Lipinski definition) is 5. The second-order valence-electron chi connectivity index (χ2n) is 4.30. The third kappa shape index (κ3) is 3.50. The molecule has 8 heteroatoms. The average molecular weight is 326 g/mol. The molecule has 0 fully saturated rings. The molecule has 0 radical (unpaired) electrons. The first-order valence-electron chi connectivity index (χ1n) is 5.93. The molecule has 0 saturated carbocycles. The van der Waals surface area contributed by atoms with E-state index in [1.165, 1.54) is 22.8 Å². The number of carboxylic acids is 1. The number of hydrogen-bond donors (Lipinski definition) is 3. The Morgan fingerprint density at radius 2 is 2.19 bits per heavy atom. The number of benzene rings is 1. The standard InChI is InChI=1S/C13H12ClN3O3S/c1-6(12-17-10(5-21-12)13(19)20)16-9-3-2-7(14)4-8(9)11(15)18/h2-6,16H,1H3,(H2,15,18)(H,19,20). The second kappa shape index (κ2) is 6.11. The topological polar surface area (TPSA) is 105 Å². The number of nitrogens with zero attached hydrogens (tertiary/aromatic N) is 1. The predicted octanol–water partition coefficient (Wildman–Crippen LogP) is 2.77. The lowest BCUT2D eigenvalue weighted by Gasteiger charge is -2.15. The maximum absolute atomic E-state index is 11.4. The largest absolute Gasteiger partial charge is 0.476 e. The fraction of sp³-hybridized carbons (Fsp3) is 0.154. The monoisotopic (exact) mass is 325 g/mol. The average Bonchev–Trinajstić information content (AvgIpc) is 2.90. The molecule has 4 N–H and O–H groups in total. The molecule has 2 rings (SSSR count). The van der Waals surface area contributed by atoms with Crippen molar-refractivity contribution in [2.45, 2.75) is 13.0 Å². The molecule has 110 valence electrons. The fourth-order valence-electron chi connectivity index (χ4n) is 1.73. The molecule has 0 aliphatic heterocycles. The van der Waals surface area contributed by atoms with Gasteiger partial charge in [0.1, 0.15) is 5.01 Å². The Balaban J connectivity index is 2.24. The van der Waals surface area contributed by atoms with Crippen LogP contribution in [-0.2, 0) is 0 Å². The van der Waals surface area contributed by atoms with Crippen LogP contribution in [0.5, 0.6) is 0 Å². The molecule has 6 nitrogen and oxygen atoms in total. The van der Waals surface area contributed by atoms with Gasteiger partial charge in [-0.2, -0.15) is 0 Å². The number of rotatable bonds is 5. The number of aromatic nitrogens is 1. The van der Waals surface area contributed by atoms with Gasteiger partial charge >= 0.3 is 5.97 Å². The van der Waals surface area contributed by atoms with Crippen LogP contribution in [0.3, 0.4) is 0 Å². The smallest absolute Gasteiger partial charge is 0.355 e. The van der Waals surface area contributed by atoms with Crippen LogP contribution in [0.25, 0.3) is 0 Å². The highest BCUT2D eigenvalue weighted by Gasteiger charge is 2.16. The highest BCUT2D eigenvalue weighted by molar-refractivity contribution is 7.09. The molecule has 0 saturated heterocycles. The van der Waals surface area contributed by atoms with Crippen LogP contribution in [0.2, 0.25) is 5.02 Å². The van der Waals surface area contributed by atoms with Gasteiger partial charge in [-0.3, -0.25) is 4.79 Å². The number of primary amides is 1. The Labute approximate surface area is 129 Å². The SMILES string of the molecule is CC(Nc1ccc(Cl)cc1C(N)=O)c1nc(C(=O)O)cs1. The molecule has 0 spiro atoms. The van der Waals surface area contributed by atoms with Crippen LogP contribution >= 0.6 is 22.9 Å². The minimum Gasteiger partial charge on any atom is -0.476 e. The zero-order valence-corrected chi connectivity index (χ0v) is 12.5. The van der Waals surface area contributed by atoms with E-state index in [9.17, 15) is 9.59 Å². The Morgan fingerprint density at radius 3 is 2.76 bits per heavy atom. The summed E-state index contributed by atoms with van der Waals surface area (Å²) in [6.07, 6.45) is 0. The van der Waals surface area contributed by atoms with E-state index in [2.05, 4.69) is 10.3 Å². The van der Waals surface area contributed by atoms with Gasteiger partial charge in [0.15, 0.2) is 5.69 Å². The Morgan fingerprint density at radius 1 is 1.48 bits per heavy atom. The summed E-state index contributed by atoms with van der Waals surface area (Å²) < 4.78 is 0. The lowest BCUT2D eigenvalue weighted by molar-refractivity contribution is 0.0691. The van der Waals surface area contributed by atoms with Crippen LogP contribution in [0.4, 0.5) is 5.69 Å². The molecule has 1 aromatic carbocycles.